The van der Waals surface area contributed by atoms with E-state index in [1.54, 1.807) is 30.9 Å². The van der Waals surface area contributed by atoms with Crippen LogP contribution < -0.4 is 0 Å². The Hall–Kier alpha value is 0.280. The third kappa shape index (κ3) is 4.95. The minimum atomic E-state index is -5.03. The molecule has 110 valence electrons. The lowest BCUT2D eigenvalue weighted by Crippen LogP contribution is -2.27. The zero-order valence-corrected chi connectivity index (χ0v) is 14.6. The molecule has 0 amide bonds. The fourth-order valence-electron chi connectivity index (χ4n) is 0.956. The van der Waals surface area contributed by atoms with Gasteiger partial charge in [0, 0.05) is 17.8 Å². The van der Waals surface area contributed by atoms with Gasteiger partial charge in [-0.05, 0) is 20.4 Å². The van der Waals surface area contributed by atoms with Crippen LogP contribution in [0.3, 0.4) is 0 Å². The normalized spacial score (nSPS) is 19.8. The minimum Gasteiger partial charge on any atom is -0.309 e. The molecule has 1 rings (SSSR count). The van der Waals surface area contributed by atoms with Crippen molar-refractivity contribution >= 4 is 69.7 Å². The molecule has 0 saturated carbocycles. The van der Waals surface area contributed by atoms with Crippen LogP contribution in [0.15, 0.2) is 4.99 Å². The van der Waals surface area contributed by atoms with Crippen LogP contribution in [-0.2, 0) is 14.1 Å². The van der Waals surface area contributed by atoms with Crippen LogP contribution in [0.1, 0.15) is 0 Å². The van der Waals surface area contributed by atoms with Crippen molar-refractivity contribution in [1.29, 1.82) is 0 Å². The number of nitrogens with zero attached hydrogens (tertiary/aromatic N) is 3. The molecule has 1 aliphatic rings. The standard InChI is InChI=1S/C7H12FN3O3S5/c1-10(2)6-9-5(11(3)7(15)16-4)17-18(6)14-19(8,12)13/h1-4H3. The summed E-state index contributed by atoms with van der Waals surface area (Å²) < 4.78 is 38.8. The summed E-state index contributed by atoms with van der Waals surface area (Å²) in [6.45, 7) is 0. The number of aliphatic imine (C=N–C) groups is 1. The van der Waals surface area contributed by atoms with E-state index in [0.717, 1.165) is 10.8 Å². The van der Waals surface area contributed by atoms with E-state index in [1.165, 1.54) is 11.8 Å². The van der Waals surface area contributed by atoms with Crippen LogP contribution in [0.2, 0.25) is 0 Å². The largest absolute Gasteiger partial charge is 0.448 e. The topological polar surface area (TPSA) is 62.2 Å². The van der Waals surface area contributed by atoms with Crippen molar-refractivity contribution in [2.45, 2.75) is 0 Å². The smallest absolute Gasteiger partial charge is 0.309 e. The van der Waals surface area contributed by atoms with Crippen LogP contribution in [0.25, 0.3) is 0 Å². The van der Waals surface area contributed by atoms with Crippen molar-refractivity contribution < 1.29 is 15.9 Å². The van der Waals surface area contributed by atoms with Gasteiger partial charge >= 0.3 is 10.5 Å². The van der Waals surface area contributed by atoms with Crippen LogP contribution in [-0.4, -0.2) is 60.2 Å². The molecule has 0 bridgehead atoms. The molecule has 1 aliphatic heterocycles. The van der Waals surface area contributed by atoms with E-state index in [-0.39, 0.29) is 0 Å². The van der Waals surface area contributed by atoms with Crippen molar-refractivity contribution in [2.24, 2.45) is 4.99 Å². The molecule has 0 spiro atoms. The number of thiocarbonyl (C=S) groups is 1. The van der Waals surface area contributed by atoms with Crippen LogP contribution >= 0.6 is 44.6 Å². The molecule has 1 heterocycles. The zero-order chi connectivity index (χ0) is 14.8. The van der Waals surface area contributed by atoms with Gasteiger partial charge in [-0.2, -0.15) is 12.0 Å². The van der Waals surface area contributed by atoms with E-state index >= 15 is 0 Å². The average molecular weight is 366 g/mol. The Kier molecular flexibility index (Phi) is 6.23. The third-order valence-electron chi connectivity index (χ3n) is 1.75. The molecule has 0 aromatic carbocycles. The summed E-state index contributed by atoms with van der Waals surface area (Å²) in [4.78, 5) is 7.42. The summed E-state index contributed by atoms with van der Waals surface area (Å²) in [6.07, 6.45) is 1.82. The lowest BCUT2D eigenvalue weighted by molar-refractivity contribution is 0.469. The highest BCUT2D eigenvalue weighted by molar-refractivity contribution is 8.88. The van der Waals surface area contributed by atoms with E-state index < -0.39 is 20.3 Å². The van der Waals surface area contributed by atoms with Gasteiger partial charge in [-0.15, -0.1) is 0 Å². The Morgan fingerprint density at radius 3 is 2.53 bits per heavy atom. The van der Waals surface area contributed by atoms with Crippen molar-refractivity contribution in [3.05, 3.63) is 0 Å². The van der Waals surface area contributed by atoms with Crippen LogP contribution in [0.5, 0.6) is 0 Å². The lowest BCUT2D eigenvalue weighted by Gasteiger charge is -2.16. The number of hydrogen-bond acceptors (Lipinski definition) is 8. The SMILES string of the molecule is CSC(=S)N(C)C1=NC(N(C)C)=S(OS(=O)(=O)F)S1. The van der Waals surface area contributed by atoms with Gasteiger partial charge in [-0.3, -0.25) is 4.90 Å². The van der Waals surface area contributed by atoms with Gasteiger partial charge < -0.3 is 4.90 Å². The van der Waals surface area contributed by atoms with Crippen molar-refractivity contribution in [3.8, 4) is 0 Å². The number of rotatable bonds is 2. The van der Waals surface area contributed by atoms with E-state index in [9.17, 15) is 12.3 Å². The monoisotopic (exact) mass is 365 g/mol. The van der Waals surface area contributed by atoms with Gasteiger partial charge in [0.05, 0.1) is 9.80 Å². The number of hydrogen-bond donors (Lipinski definition) is 0. The molecule has 0 aromatic rings. The molecule has 0 aromatic heterocycles. The van der Waals surface area contributed by atoms with Gasteiger partial charge in [0.15, 0.2) is 10.3 Å². The average Bonchev–Trinajstić information content (AvgIpc) is 2.68. The molecular formula is C7H12FN3O3S5. The summed E-state index contributed by atoms with van der Waals surface area (Å²) in [5.74, 6) is 0. The summed E-state index contributed by atoms with van der Waals surface area (Å²) in [6, 6.07) is 0. The Labute approximate surface area is 127 Å². The molecule has 0 aliphatic carbocycles. The van der Waals surface area contributed by atoms with Gasteiger partial charge in [0.1, 0.15) is 4.32 Å². The molecule has 0 radical (unpaired) electrons. The zero-order valence-electron chi connectivity index (χ0n) is 10.5. The number of thioether (sulfide) groups is 1. The van der Waals surface area contributed by atoms with Crippen LogP contribution in [0.4, 0.5) is 3.89 Å². The Balaban J connectivity index is 2.98. The van der Waals surface area contributed by atoms with Crippen molar-refractivity contribution in [2.75, 3.05) is 27.4 Å². The second-order valence-electron chi connectivity index (χ2n) is 3.38. The van der Waals surface area contributed by atoms with E-state index in [0.29, 0.717) is 14.6 Å². The van der Waals surface area contributed by atoms with Gasteiger partial charge in [0.2, 0.25) is 0 Å². The molecule has 0 fully saturated rings. The van der Waals surface area contributed by atoms with E-state index in [2.05, 4.69) is 8.62 Å². The first kappa shape index (κ1) is 17.3. The quantitative estimate of drug-likeness (QED) is 0.416. The van der Waals surface area contributed by atoms with E-state index in [4.69, 9.17) is 12.2 Å². The maximum atomic E-state index is 12.6. The minimum absolute atomic E-state index is 0.331. The van der Waals surface area contributed by atoms with E-state index in [1.807, 2.05) is 6.26 Å². The third-order valence-corrected chi connectivity index (χ3v) is 7.56. The Bertz CT molecular complexity index is 544. The first-order valence-electron chi connectivity index (χ1n) is 4.67. The highest BCUT2D eigenvalue weighted by Gasteiger charge is 2.28. The summed E-state index contributed by atoms with van der Waals surface area (Å²) >= 11 is 6.46. The molecular weight excluding hydrogens is 353 g/mol. The molecule has 1 atom stereocenters. The highest BCUT2D eigenvalue weighted by Crippen LogP contribution is 2.43. The van der Waals surface area contributed by atoms with Crippen molar-refractivity contribution in [1.82, 2.24) is 9.80 Å². The fourth-order valence-corrected chi connectivity index (χ4v) is 6.00. The summed E-state index contributed by atoms with van der Waals surface area (Å²) in [5, 5.41) is 0.798. The predicted molar refractivity (Wildman–Crippen MR) is 86.3 cm³/mol. The van der Waals surface area contributed by atoms with Crippen LogP contribution in [0, 0.1) is 0 Å². The Morgan fingerprint density at radius 2 is 2.11 bits per heavy atom. The summed E-state index contributed by atoms with van der Waals surface area (Å²) in [7, 11) is -0.335. The predicted octanol–water partition coefficient (Wildman–Crippen LogP) is 1.65. The number of halogens is 1. The molecule has 0 N–H and O–H groups in total. The van der Waals surface area contributed by atoms with Gasteiger partial charge in [-0.1, -0.05) is 27.9 Å². The number of amidine groups is 1. The van der Waals surface area contributed by atoms with Crippen molar-refractivity contribution in [3.63, 3.8) is 0 Å². The highest BCUT2D eigenvalue weighted by atomic mass is 33.1. The fraction of sp³-hybridized carbons (Fsp3) is 0.571. The maximum absolute atomic E-state index is 12.6. The second kappa shape index (κ2) is 6.83. The maximum Gasteiger partial charge on any atom is 0.448 e. The molecule has 6 nitrogen and oxygen atoms in total. The first-order valence-corrected chi connectivity index (χ1v) is 10.1. The Morgan fingerprint density at radius 1 is 1.53 bits per heavy atom. The molecule has 12 heteroatoms. The first-order chi connectivity index (χ1) is 8.65. The lowest BCUT2D eigenvalue weighted by atomic mass is 10.8. The second-order valence-corrected chi connectivity index (χ2v) is 8.92. The molecule has 19 heavy (non-hydrogen) atoms. The summed E-state index contributed by atoms with van der Waals surface area (Å²) in [5.41, 5.74) is 0. The van der Waals surface area contributed by atoms with Gasteiger partial charge in [0.25, 0.3) is 0 Å². The molecule has 1 unspecified atom stereocenters. The van der Waals surface area contributed by atoms with Gasteiger partial charge in [-0.25, -0.2) is 4.99 Å². The molecule has 0 saturated heterocycles.